The molecule has 2 N–H and O–H groups in total. The number of methoxy groups -OCH3 is 1. The highest BCUT2D eigenvalue weighted by Crippen LogP contribution is 2.22. The van der Waals surface area contributed by atoms with Gasteiger partial charge in [0.2, 0.25) is 11.8 Å². The summed E-state index contributed by atoms with van der Waals surface area (Å²) in [5, 5.41) is 0. The van der Waals surface area contributed by atoms with Crippen LogP contribution < -0.4 is 15.6 Å². The van der Waals surface area contributed by atoms with Gasteiger partial charge < -0.3 is 9.15 Å². The van der Waals surface area contributed by atoms with Crippen molar-refractivity contribution in [1.82, 2.24) is 15.8 Å². The number of hydrogen-bond acceptors (Lipinski definition) is 5. The van der Waals surface area contributed by atoms with Crippen molar-refractivity contribution in [2.45, 2.75) is 39.5 Å². The SMILES string of the molecule is COc1ccc(CC(=O)NNC(=O)CCc2ncc(-c3ccc(CC(C)C)cc3)o2)cc1. The van der Waals surface area contributed by atoms with Crippen molar-refractivity contribution in [3.8, 4) is 17.1 Å². The van der Waals surface area contributed by atoms with Gasteiger partial charge in [-0.05, 0) is 35.6 Å². The second kappa shape index (κ2) is 11.1. The molecular weight excluding hydrogens is 406 g/mol. The Morgan fingerprint density at radius 2 is 1.62 bits per heavy atom. The molecule has 7 nitrogen and oxygen atoms in total. The molecule has 3 rings (SSSR count). The normalized spacial score (nSPS) is 10.8. The van der Waals surface area contributed by atoms with Gasteiger partial charge in [-0.3, -0.25) is 20.4 Å². The number of oxazole rings is 1. The molecule has 0 saturated carbocycles. The van der Waals surface area contributed by atoms with Gasteiger partial charge in [0.15, 0.2) is 11.7 Å². The Morgan fingerprint density at radius 3 is 2.28 bits per heavy atom. The molecule has 0 aliphatic rings. The van der Waals surface area contributed by atoms with Gasteiger partial charge in [0, 0.05) is 18.4 Å². The third kappa shape index (κ3) is 6.97. The molecule has 1 aromatic heterocycles. The van der Waals surface area contributed by atoms with Gasteiger partial charge in [0.1, 0.15) is 5.75 Å². The quantitative estimate of drug-likeness (QED) is 0.498. The largest absolute Gasteiger partial charge is 0.497 e. The van der Waals surface area contributed by atoms with Gasteiger partial charge in [-0.25, -0.2) is 4.98 Å². The summed E-state index contributed by atoms with van der Waals surface area (Å²) in [4.78, 5) is 28.3. The Morgan fingerprint density at radius 1 is 0.969 bits per heavy atom. The van der Waals surface area contributed by atoms with Crippen LogP contribution in [0.15, 0.2) is 59.1 Å². The first-order chi connectivity index (χ1) is 15.4. The molecule has 2 amide bonds. The van der Waals surface area contributed by atoms with Gasteiger partial charge in [-0.1, -0.05) is 50.2 Å². The summed E-state index contributed by atoms with van der Waals surface area (Å²) < 4.78 is 10.9. The average molecular weight is 436 g/mol. The van der Waals surface area contributed by atoms with E-state index in [0.29, 0.717) is 24.0 Å². The maximum Gasteiger partial charge on any atom is 0.242 e. The minimum Gasteiger partial charge on any atom is -0.497 e. The summed E-state index contributed by atoms with van der Waals surface area (Å²) in [6.07, 6.45) is 3.35. The zero-order valence-corrected chi connectivity index (χ0v) is 18.7. The molecule has 0 atom stereocenters. The standard InChI is InChI=1S/C25H29N3O4/c1-17(2)14-18-4-8-20(9-5-18)22-16-26-25(32-22)13-12-23(29)27-28-24(30)15-19-6-10-21(31-3)11-7-19/h4-11,16-17H,12-15H2,1-3H3,(H,27,29)(H,28,30). The fraction of sp³-hybridized carbons (Fsp3) is 0.320. The number of carbonyl (C=O) groups excluding carboxylic acids is 2. The van der Waals surface area contributed by atoms with Gasteiger partial charge in [-0.15, -0.1) is 0 Å². The second-order valence-electron chi connectivity index (χ2n) is 8.03. The van der Waals surface area contributed by atoms with E-state index in [1.165, 1.54) is 5.56 Å². The number of amides is 2. The Bertz CT molecular complexity index is 1020. The molecule has 0 unspecified atom stereocenters. The molecule has 0 aliphatic carbocycles. The lowest BCUT2D eigenvalue weighted by atomic mass is 10.0. The van der Waals surface area contributed by atoms with Crippen molar-refractivity contribution in [2.24, 2.45) is 5.92 Å². The van der Waals surface area contributed by atoms with E-state index in [4.69, 9.17) is 9.15 Å². The van der Waals surface area contributed by atoms with E-state index in [-0.39, 0.29) is 24.7 Å². The van der Waals surface area contributed by atoms with E-state index in [1.54, 1.807) is 37.6 Å². The van der Waals surface area contributed by atoms with Crippen molar-refractivity contribution in [1.29, 1.82) is 0 Å². The fourth-order valence-corrected chi connectivity index (χ4v) is 3.23. The number of aryl methyl sites for hydroxylation is 1. The topological polar surface area (TPSA) is 93.5 Å². The molecule has 0 bridgehead atoms. The predicted octanol–water partition coefficient (Wildman–Crippen LogP) is 3.87. The van der Waals surface area contributed by atoms with E-state index in [2.05, 4.69) is 41.8 Å². The molecule has 0 radical (unpaired) electrons. The summed E-state index contributed by atoms with van der Waals surface area (Å²) in [5.41, 5.74) is 7.91. The minimum absolute atomic E-state index is 0.149. The Labute approximate surface area is 188 Å². The number of aromatic nitrogens is 1. The van der Waals surface area contributed by atoms with Crippen LogP contribution in [0.4, 0.5) is 0 Å². The molecule has 0 saturated heterocycles. The van der Waals surface area contributed by atoms with Crippen LogP contribution in [0.25, 0.3) is 11.3 Å². The summed E-state index contributed by atoms with van der Waals surface area (Å²) in [5.74, 6) is 1.86. The van der Waals surface area contributed by atoms with Crippen LogP contribution in [0.5, 0.6) is 5.75 Å². The van der Waals surface area contributed by atoms with Crippen molar-refractivity contribution < 1.29 is 18.7 Å². The molecule has 0 fully saturated rings. The third-order valence-corrected chi connectivity index (χ3v) is 4.87. The average Bonchev–Trinajstić information content (AvgIpc) is 3.26. The molecule has 168 valence electrons. The van der Waals surface area contributed by atoms with Crippen molar-refractivity contribution in [3.05, 3.63) is 71.7 Å². The fourth-order valence-electron chi connectivity index (χ4n) is 3.23. The summed E-state index contributed by atoms with van der Waals surface area (Å²) >= 11 is 0. The molecule has 0 aliphatic heterocycles. The number of carbonyl (C=O) groups is 2. The highest BCUT2D eigenvalue weighted by Gasteiger charge is 2.11. The number of hydrazine groups is 1. The van der Waals surface area contributed by atoms with E-state index < -0.39 is 0 Å². The zero-order valence-electron chi connectivity index (χ0n) is 18.7. The highest BCUT2D eigenvalue weighted by atomic mass is 16.5. The highest BCUT2D eigenvalue weighted by molar-refractivity contribution is 5.83. The molecular formula is C25H29N3O4. The molecule has 3 aromatic rings. The lowest BCUT2D eigenvalue weighted by molar-refractivity contribution is -0.128. The minimum atomic E-state index is -0.314. The van der Waals surface area contributed by atoms with Crippen LogP contribution >= 0.6 is 0 Å². The Hall–Kier alpha value is -3.61. The number of ether oxygens (including phenoxy) is 1. The lowest BCUT2D eigenvalue weighted by Crippen LogP contribution is -2.42. The van der Waals surface area contributed by atoms with E-state index in [9.17, 15) is 9.59 Å². The smallest absolute Gasteiger partial charge is 0.242 e. The van der Waals surface area contributed by atoms with Gasteiger partial charge >= 0.3 is 0 Å². The van der Waals surface area contributed by atoms with Crippen LogP contribution in [0.2, 0.25) is 0 Å². The summed E-state index contributed by atoms with van der Waals surface area (Å²) in [6.45, 7) is 4.39. The van der Waals surface area contributed by atoms with Crippen molar-refractivity contribution >= 4 is 11.8 Å². The van der Waals surface area contributed by atoms with Crippen LogP contribution in [0, 0.1) is 5.92 Å². The van der Waals surface area contributed by atoms with Crippen LogP contribution in [0.1, 0.15) is 37.3 Å². The molecule has 2 aromatic carbocycles. The number of nitrogens with zero attached hydrogens (tertiary/aromatic N) is 1. The predicted molar refractivity (Wildman–Crippen MR) is 122 cm³/mol. The molecule has 32 heavy (non-hydrogen) atoms. The maximum atomic E-state index is 12.0. The van der Waals surface area contributed by atoms with Gasteiger partial charge in [0.25, 0.3) is 0 Å². The van der Waals surface area contributed by atoms with E-state index in [1.807, 2.05) is 12.1 Å². The van der Waals surface area contributed by atoms with Crippen molar-refractivity contribution in [2.75, 3.05) is 7.11 Å². The third-order valence-electron chi connectivity index (χ3n) is 4.87. The number of rotatable bonds is 9. The van der Waals surface area contributed by atoms with Crippen molar-refractivity contribution in [3.63, 3.8) is 0 Å². The van der Waals surface area contributed by atoms with Crippen LogP contribution in [-0.4, -0.2) is 23.9 Å². The van der Waals surface area contributed by atoms with E-state index >= 15 is 0 Å². The van der Waals surface area contributed by atoms with Crippen LogP contribution in [0.3, 0.4) is 0 Å². The molecule has 1 heterocycles. The lowest BCUT2D eigenvalue weighted by Gasteiger charge is -2.07. The van der Waals surface area contributed by atoms with E-state index in [0.717, 1.165) is 23.3 Å². The monoisotopic (exact) mass is 435 g/mol. The first-order valence-electron chi connectivity index (χ1n) is 10.7. The van der Waals surface area contributed by atoms with Gasteiger partial charge in [-0.2, -0.15) is 0 Å². The summed E-state index contributed by atoms with van der Waals surface area (Å²) in [7, 11) is 1.58. The first kappa shape index (κ1) is 23.1. The number of benzene rings is 2. The molecule has 0 spiro atoms. The second-order valence-corrected chi connectivity index (χ2v) is 8.03. The summed E-state index contributed by atoms with van der Waals surface area (Å²) in [6, 6.07) is 15.4. The number of hydrogen-bond donors (Lipinski definition) is 2. The Balaban J connectivity index is 1.42. The molecule has 7 heteroatoms. The van der Waals surface area contributed by atoms with Crippen LogP contribution in [-0.2, 0) is 28.9 Å². The zero-order chi connectivity index (χ0) is 22.9. The maximum absolute atomic E-state index is 12.0. The first-order valence-corrected chi connectivity index (χ1v) is 10.7. The Kier molecular flexibility index (Phi) is 8.02. The number of nitrogens with one attached hydrogen (secondary N) is 2. The van der Waals surface area contributed by atoms with Gasteiger partial charge in [0.05, 0.1) is 19.7 Å².